The van der Waals surface area contributed by atoms with Crippen LogP contribution in [0.2, 0.25) is 0 Å². The number of aromatic nitrogens is 2. The Morgan fingerprint density at radius 2 is 2.26 bits per heavy atom. The number of hydrogen-bond acceptors (Lipinski definition) is 5. The van der Waals surface area contributed by atoms with Crippen molar-refractivity contribution in [2.45, 2.75) is 39.2 Å². The number of allylic oxidation sites excluding steroid dienone is 1. The van der Waals surface area contributed by atoms with Gasteiger partial charge in [0.2, 0.25) is 5.95 Å². The predicted molar refractivity (Wildman–Crippen MR) is 79.5 cm³/mol. The van der Waals surface area contributed by atoms with Crippen LogP contribution in [-0.2, 0) is 0 Å². The molecule has 1 atom stereocenters. The molecule has 6 heteroatoms. The molecular formula is C13H20BN4O. The summed E-state index contributed by atoms with van der Waals surface area (Å²) in [5.74, 6) is 2.98. The van der Waals surface area contributed by atoms with E-state index in [0.29, 0.717) is 5.82 Å². The first-order valence-corrected chi connectivity index (χ1v) is 6.72. The van der Waals surface area contributed by atoms with Gasteiger partial charge in [0.1, 0.15) is 5.82 Å². The Morgan fingerprint density at radius 1 is 1.47 bits per heavy atom. The number of fused-ring (bicyclic) bond motifs is 1. The lowest BCUT2D eigenvalue weighted by molar-refractivity contribution is 0.267. The van der Waals surface area contributed by atoms with Crippen LogP contribution >= 0.6 is 0 Å². The highest BCUT2D eigenvalue weighted by atomic mass is 16.3. The Labute approximate surface area is 114 Å². The lowest BCUT2D eigenvalue weighted by Gasteiger charge is -2.19. The first-order chi connectivity index (χ1) is 9.15. The number of nitrogen functional groups attached to an aromatic ring is 1. The minimum atomic E-state index is 0.00709. The van der Waals surface area contributed by atoms with Crippen LogP contribution < -0.4 is 16.5 Å². The van der Waals surface area contributed by atoms with Crippen LogP contribution in [0.25, 0.3) is 5.57 Å². The molecule has 0 aromatic carbocycles. The molecular weight excluding hydrogens is 239 g/mol. The zero-order chi connectivity index (χ0) is 13.8. The maximum atomic E-state index is 9.42. The summed E-state index contributed by atoms with van der Waals surface area (Å²) in [6.45, 7) is 4.22. The first kappa shape index (κ1) is 13.9. The highest BCUT2D eigenvalue weighted by Crippen LogP contribution is 2.19. The third kappa shape index (κ3) is 3.07. The highest BCUT2D eigenvalue weighted by Gasteiger charge is 2.20. The average molecular weight is 259 g/mol. The molecule has 1 aromatic heterocycles. The number of rotatable bonds is 6. The fraction of sp³-hybridized carbons (Fsp3) is 0.538. The molecule has 2 rings (SSSR count). The van der Waals surface area contributed by atoms with Gasteiger partial charge in [0.15, 0.2) is 7.28 Å². The summed E-state index contributed by atoms with van der Waals surface area (Å²) in [5, 5.41) is 12.7. The second-order valence-corrected chi connectivity index (χ2v) is 4.88. The van der Waals surface area contributed by atoms with Crippen molar-refractivity contribution < 1.29 is 5.11 Å². The number of unbranched alkanes of at least 4 members (excludes halogenated alkanes) is 1. The molecule has 4 N–H and O–H groups in total. The summed E-state index contributed by atoms with van der Waals surface area (Å²) in [6, 6.07) is 0.00709. The number of nitrogens with zero attached hydrogens (tertiary/aromatic N) is 2. The fourth-order valence-corrected chi connectivity index (χ4v) is 2.20. The van der Waals surface area contributed by atoms with Crippen LogP contribution in [0.4, 0.5) is 11.8 Å². The van der Waals surface area contributed by atoms with Gasteiger partial charge in [0, 0.05) is 0 Å². The fourth-order valence-electron chi connectivity index (χ4n) is 2.20. The Bertz CT molecular complexity index is 490. The predicted octanol–water partition coefficient (Wildman–Crippen LogP) is 0.726. The molecule has 0 aliphatic carbocycles. The Balaban J connectivity index is 2.19. The molecule has 5 nitrogen and oxygen atoms in total. The van der Waals surface area contributed by atoms with Crippen molar-refractivity contribution in [1.29, 1.82) is 0 Å². The molecule has 19 heavy (non-hydrogen) atoms. The van der Waals surface area contributed by atoms with Crippen molar-refractivity contribution in [1.82, 2.24) is 9.97 Å². The molecule has 0 bridgehead atoms. The van der Waals surface area contributed by atoms with Crippen molar-refractivity contribution in [2.75, 3.05) is 17.7 Å². The van der Waals surface area contributed by atoms with E-state index in [1.807, 2.05) is 20.2 Å². The number of aliphatic hydroxyl groups is 1. The molecule has 1 aliphatic heterocycles. The molecule has 0 amide bonds. The van der Waals surface area contributed by atoms with Crippen molar-refractivity contribution in [3.05, 3.63) is 11.7 Å². The summed E-state index contributed by atoms with van der Waals surface area (Å²) in [7, 11) is 1.99. The SMILES string of the molecule is CCCC[C@H](CO)Nc1nc(N)nc2c1[B]C=C2C. The van der Waals surface area contributed by atoms with Gasteiger partial charge in [-0.3, -0.25) is 0 Å². The number of hydrogen-bond donors (Lipinski definition) is 3. The van der Waals surface area contributed by atoms with E-state index in [9.17, 15) is 5.11 Å². The molecule has 0 fully saturated rings. The minimum Gasteiger partial charge on any atom is -0.394 e. The lowest BCUT2D eigenvalue weighted by atomic mass is 9.74. The maximum absolute atomic E-state index is 9.42. The van der Waals surface area contributed by atoms with E-state index in [1.54, 1.807) is 0 Å². The van der Waals surface area contributed by atoms with E-state index in [0.717, 1.165) is 36.0 Å². The van der Waals surface area contributed by atoms with Crippen LogP contribution in [0.15, 0.2) is 5.98 Å². The number of aliphatic hydroxyl groups excluding tert-OH is 1. The van der Waals surface area contributed by atoms with Crippen molar-refractivity contribution in [2.24, 2.45) is 0 Å². The quantitative estimate of drug-likeness (QED) is 0.656. The van der Waals surface area contributed by atoms with Crippen molar-refractivity contribution in [3.8, 4) is 0 Å². The van der Waals surface area contributed by atoms with Gasteiger partial charge in [-0.05, 0) is 24.4 Å². The number of nitrogens with one attached hydrogen (secondary N) is 1. The van der Waals surface area contributed by atoms with Crippen LogP contribution in [0, 0.1) is 0 Å². The molecule has 1 aromatic rings. The standard InChI is InChI=1S/C13H20BN4O/c1-3-4-5-9(7-19)16-12-10-11(8(2)6-14-10)17-13(15)18-12/h6,9,19H,3-5,7H2,1-2H3,(H3,15,16,17,18)/t9-/m1/s1. The van der Waals surface area contributed by atoms with E-state index in [-0.39, 0.29) is 18.6 Å². The van der Waals surface area contributed by atoms with Crippen LogP contribution in [0.5, 0.6) is 0 Å². The van der Waals surface area contributed by atoms with Gasteiger partial charge < -0.3 is 16.2 Å². The molecule has 101 valence electrons. The number of nitrogens with two attached hydrogens (primary N) is 1. The summed E-state index contributed by atoms with van der Waals surface area (Å²) in [4.78, 5) is 8.51. The van der Waals surface area contributed by atoms with Crippen LogP contribution in [0.3, 0.4) is 0 Å². The highest BCUT2D eigenvalue weighted by molar-refractivity contribution is 6.64. The van der Waals surface area contributed by atoms with Crippen LogP contribution in [0.1, 0.15) is 38.8 Å². The van der Waals surface area contributed by atoms with Crippen LogP contribution in [-0.4, -0.2) is 35.0 Å². The van der Waals surface area contributed by atoms with E-state index in [1.165, 1.54) is 0 Å². The van der Waals surface area contributed by atoms with Gasteiger partial charge in [-0.25, -0.2) is 4.98 Å². The zero-order valence-corrected chi connectivity index (χ0v) is 11.5. The third-order valence-corrected chi connectivity index (χ3v) is 3.30. The average Bonchev–Trinajstić information content (AvgIpc) is 2.76. The van der Waals surface area contributed by atoms with Gasteiger partial charge in [-0.15, -0.1) is 5.98 Å². The zero-order valence-electron chi connectivity index (χ0n) is 11.5. The topological polar surface area (TPSA) is 84.1 Å². The van der Waals surface area contributed by atoms with Crippen molar-refractivity contribution >= 4 is 30.1 Å². The van der Waals surface area contributed by atoms with Gasteiger partial charge in [-0.2, -0.15) is 4.98 Å². The normalized spacial score (nSPS) is 14.6. The van der Waals surface area contributed by atoms with Gasteiger partial charge in [0.25, 0.3) is 0 Å². The molecule has 1 radical (unpaired) electrons. The largest absolute Gasteiger partial charge is 0.394 e. The van der Waals surface area contributed by atoms with E-state index in [4.69, 9.17) is 5.73 Å². The molecule has 0 saturated carbocycles. The van der Waals surface area contributed by atoms with Gasteiger partial charge in [0.05, 0.1) is 18.3 Å². The molecule has 0 saturated heterocycles. The lowest BCUT2D eigenvalue weighted by Crippen LogP contribution is -2.30. The third-order valence-electron chi connectivity index (χ3n) is 3.30. The summed E-state index contributed by atoms with van der Waals surface area (Å²) < 4.78 is 0. The Hall–Kier alpha value is -1.56. The monoisotopic (exact) mass is 259 g/mol. The Morgan fingerprint density at radius 3 is 2.95 bits per heavy atom. The summed E-state index contributed by atoms with van der Waals surface area (Å²) >= 11 is 0. The molecule has 1 aliphatic rings. The second kappa shape index (κ2) is 6.06. The smallest absolute Gasteiger partial charge is 0.222 e. The van der Waals surface area contributed by atoms with Crippen molar-refractivity contribution in [3.63, 3.8) is 0 Å². The molecule has 0 spiro atoms. The number of anilines is 2. The first-order valence-electron chi connectivity index (χ1n) is 6.72. The summed E-state index contributed by atoms with van der Waals surface area (Å²) in [5.41, 5.74) is 8.67. The van der Waals surface area contributed by atoms with E-state index >= 15 is 0 Å². The summed E-state index contributed by atoms with van der Waals surface area (Å²) in [6.07, 6.45) is 3.09. The van der Waals surface area contributed by atoms with Gasteiger partial charge >= 0.3 is 0 Å². The molecule has 0 unspecified atom stereocenters. The Kier molecular flexibility index (Phi) is 4.42. The minimum absolute atomic E-state index is 0.00709. The van der Waals surface area contributed by atoms with E-state index in [2.05, 4.69) is 22.2 Å². The maximum Gasteiger partial charge on any atom is 0.222 e. The van der Waals surface area contributed by atoms with E-state index < -0.39 is 0 Å². The molecule has 2 heterocycles. The second-order valence-electron chi connectivity index (χ2n) is 4.88. The van der Waals surface area contributed by atoms with Gasteiger partial charge in [-0.1, -0.05) is 19.8 Å².